The number of aromatic nitrogens is 4. The third kappa shape index (κ3) is 39.7. The number of nitrogens with two attached hydrogens (primary N) is 2. The van der Waals surface area contributed by atoms with Crippen molar-refractivity contribution < 1.29 is 60.9 Å². The van der Waals surface area contributed by atoms with Gasteiger partial charge >= 0.3 is 24.2 Å². The van der Waals surface area contributed by atoms with Crippen molar-refractivity contribution in [1.82, 2.24) is 35.1 Å². The van der Waals surface area contributed by atoms with Gasteiger partial charge in [0.15, 0.2) is 11.6 Å². The molecule has 0 atom stereocenters. The van der Waals surface area contributed by atoms with Gasteiger partial charge in [0.2, 0.25) is 0 Å². The molecule has 106 heavy (non-hydrogen) atoms. The maximum atomic E-state index is 14.4. The minimum atomic E-state index is -0.962. The van der Waals surface area contributed by atoms with Crippen LogP contribution in [0.2, 0.25) is 0 Å². The third-order valence-electron chi connectivity index (χ3n) is 13.1. The van der Waals surface area contributed by atoms with Crippen molar-refractivity contribution in [2.75, 3.05) is 16.4 Å². The van der Waals surface area contributed by atoms with E-state index in [4.69, 9.17) is 30.8 Å². The maximum absolute atomic E-state index is 14.4. The van der Waals surface area contributed by atoms with E-state index in [2.05, 4.69) is 119 Å². The zero-order valence-electron chi connectivity index (χ0n) is 62.6. The Kier molecular flexibility index (Phi) is 45.4. The average molecular weight is 1760 g/mol. The van der Waals surface area contributed by atoms with E-state index in [1.165, 1.54) is 24.3 Å². The van der Waals surface area contributed by atoms with E-state index in [0.29, 0.717) is 60.1 Å². The molecule has 6 aromatic rings. The van der Waals surface area contributed by atoms with E-state index in [-0.39, 0.29) is 117 Å². The van der Waals surface area contributed by atoms with Gasteiger partial charge in [0.05, 0.1) is 28.8 Å². The number of benzene rings is 4. The Balaban J connectivity index is -0.000000405. The molecule has 20 nitrogen and oxygen atoms in total. The number of carboxylic acid groups (broad SMARTS) is 1. The lowest BCUT2D eigenvalue weighted by atomic mass is 9.94. The number of Topliss-reactive ketones (excluding diaryl/α,β-unsaturated/α-hetero) is 1. The molecule has 0 bridgehead atoms. The Morgan fingerprint density at radius 1 is 0.472 bits per heavy atom. The molecule has 2 aromatic heterocycles. The SMILES string of the molecule is C.C.C.C.C.C.CC(C)(CC(=O)O)NC(=O)OC(C)(C)C.CC(C)Nc1cc(Br)cc(F)c1CC(=O)CC(C)(C)NC(=O)OC(C)(C)C.CC(C)Nc1cc(Br)cc(F)c1N.CC(C)n1c(CC(C)(C)N)nc2c(F)cc(Br)cc21.CC(C)n1c(CC(C)(C)NC(=O)OC(C)(C)C)nc2c(F)cc(Br)cc21. The second-order valence-corrected chi connectivity index (χ2v) is 34.9. The molecule has 0 aliphatic carbocycles. The van der Waals surface area contributed by atoms with Crippen LogP contribution < -0.4 is 38.1 Å². The number of hydrogen-bond donors (Lipinski definition) is 8. The predicted molar refractivity (Wildman–Crippen MR) is 448 cm³/mol. The summed E-state index contributed by atoms with van der Waals surface area (Å²) >= 11 is 13.2. The highest BCUT2D eigenvalue weighted by Gasteiger charge is 2.32. The fourth-order valence-electron chi connectivity index (χ4n) is 9.78. The van der Waals surface area contributed by atoms with Gasteiger partial charge in [-0.05, 0) is 222 Å². The molecule has 0 saturated heterocycles. The van der Waals surface area contributed by atoms with Gasteiger partial charge in [-0.2, -0.15) is 0 Å². The highest BCUT2D eigenvalue weighted by Crippen LogP contribution is 2.33. The van der Waals surface area contributed by atoms with Crippen LogP contribution >= 0.6 is 63.7 Å². The molecule has 3 amide bonds. The molecule has 4 aromatic carbocycles. The summed E-state index contributed by atoms with van der Waals surface area (Å²) in [5.74, 6) is -1.12. The number of imidazole rings is 2. The summed E-state index contributed by atoms with van der Waals surface area (Å²) in [5.41, 5.74) is 11.2. The minimum absolute atomic E-state index is 0. The number of carbonyl (C=O) groups is 5. The summed E-state index contributed by atoms with van der Waals surface area (Å²) in [5, 5.41) is 22.9. The second kappa shape index (κ2) is 44.4. The zero-order chi connectivity index (χ0) is 77.5. The number of amides is 3. The molecule has 0 fully saturated rings. The summed E-state index contributed by atoms with van der Waals surface area (Å²) in [6, 6.07) is 13.5. The van der Waals surface area contributed by atoms with E-state index < -0.39 is 69.3 Å². The monoisotopic (exact) mass is 1760 g/mol. The smallest absolute Gasteiger partial charge is 0.408 e. The molecule has 10 N–H and O–H groups in total. The summed E-state index contributed by atoms with van der Waals surface area (Å²) in [7, 11) is 0. The summed E-state index contributed by atoms with van der Waals surface area (Å²) < 4.78 is 78.2. The van der Waals surface area contributed by atoms with Crippen LogP contribution in [0.5, 0.6) is 0 Å². The average Bonchev–Trinajstić information content (AvgIpc) is 1.63. The predicted octanol–water partition coefficient (Wildman–Crippen LogP) is 22.9. The summed E-state index contributed by atoms with van der Waals surface area (Å²) in [6.07, 6.45) is -0.773. The number of ketones is 1. The van der Waals surface area contributed by atoms with E-state index in [0.717, 1.165) is 21.3 Å². The van der Waals surface area contributed by atoms with Crippen LogP contribution in [0.15, 0.2) is 66.4 Å². The van der Waals surface area contributed by atoms with Crippen LogP contribution in [0.4, 0.5) is 49.0 Å². The summed E-state index contributed by atoms with van der Waals surface area (Å²) in [6.45, 7) is 46.4. The molecule has 0 saturated carbocycles. The van der Waals surface area contributed by atoms with Crippen molar-refractivity contribution in [3.63, 3.8) is 0 Å². The van der Waals surface area contributed by atoms with Crippen molar-refractivity contribution in [1.29, 1.82) is 0 Å². The first kappa shape index (κ1) is 108. The van der Waals surface area contributed by atoms with Crippen molar-refractivity contribution in [3.05, 3.63) is 107 Å². The normalized spacial score (nSPS) is 11.5. The first-order valence-corrected chi connectivity index (χ1v) is 35.9. The van der Waals surface area contributed by atoms with E-state index in [1.54, 1.807) is 81.4 Å². The molecule has 6 rings (SSSR count). The number of nitrogens with one attached hydrogen (secondary N) is 5. The maximum Gasteiger partial charge on any atom is 0.408 e. The number of carbonyl (C=O) groups excluding carboxylic acids is 4. The Labute approximate surface area is 666 Å². The summed E-state index contributed by atoms with van der Waals surface area (Å²) in [4.78, 5) is 67.4. The van der Waals surface area contributed by atoms with E-state index in [1.807, 2.05) is 107 Å². The highest BCUT2D eigenvalue weighted by atomic mass is 79.9. The number of halogens is 8. The van der Waals surface area contributed by atoms with Gasteiger partial charge in [0.1, 0.15) is 56.9 Å². The molecular formula is C78H131Br4F4N11O9. The van der Waals surface area contributed by atoms with Gasteiger partial charge in [-0.25, -0.2) is 41.9 Å². The highest BCUT2D eigenvalue weighted by molar-refractivity contribution is 9.11. The van der Waals surface area contributed by atoms with Crippen LogP contribution in [-0.2, 0) is 43.1 Å². The number of ether oxygens (including phenoxy) is 3. The minimum Gasteiger partial charge on any atom is -0.481 e. The lowest BCUT2D eigenvalue weighted by Crippen LogP contribution is -2.47. The number of fused-ring (bicyclic) bond motifs is 2. The van der Waals surface area contributed by atoms with Crippen molar-refractivity contribution >= 4 is 133 Å². The van der Waals surface area contributed by atoms with Crippen LogP contribution in [0, 0.1) is 23.3 Å². The number of aliphatic carboxylic acids is 1. The fraction of sp³-hybridized carbons (Fsp3) is 0.603. The molecule has 0 unspecified atom stereocenters. The van der Waals surface area contributed by atoms with Gasteiger partial charge < -0.3 is 66.5 Å². The Bertz CT molecular complexity index is 3790. The number of hydrogen-bond acceptors (Lipinski definition) is 14. The first-order valence-electron chi connectivity index (χ1n) is 32.7. The molecule has 0 aliphatic rings. The third-order valence-corrected chi connectivity index (χ3v) is 14.9. The molecule has 2 heterocycles. The van der Waals surface area contributed by atoms with E-state index >= 15 is 0 Å². The number of rotatable bonds is 19. The standard InChI is InChI=1S/C20H30BrFN2O3.C19H27BrFN3O2.C14H19BrFN3.C10H19NO4.C9H12BrFN2.6CH4/c1-12(2)23-17-9-13(21)8-16(22)15(17)10-14(25)11-20(6,7)24-18(26)27-19(3,4)5;1-11(2)24-14-9-12(20)8-13(21)16(14)22-15(24)10-19(6,7)23-17(25)26-18(3,4)5;1-8(2)19-11-6-9(15)5-10(16)13(11)18-12(19)7-14(3,4)17;1-9(2,3)15-8(14)11-10(4,5)6-7(12)13;1-5(2)13-8-4-6(10)3-7(11)9(8)12;;;;;;/h8-9,12,23H,10-11H2,1-7H3,(H,24,26);8-9,11H,10H2,1-7H3,(H,23,25);5-6,8H,7,17H2,1-4H3;6H2,1-5H3,(H,11,14)(H,12,13);3-5,13H,12H2,1-2H3;6*1H4. The van der Waals surface area contributed by atoms with Gasteiger partial charge in [-0.15, -0.1) is 0 Å². The van der Waals surface area contributed by atoms with Gasteiger partial charge in [-0.3, -0.25) is 9.59 Å². The molecule has 608 valence electrons. The topological polar surface area (TPSA) is 281 Å². The van der Waals surface area contributed by atoms with E-state index in [9.17, 15) is 41.5 Å². The number of nitrogen functional groups attached to an aromatic ring is 1. The molecule has 0 aliphatic heterocycles. The van der Waals surface area contributed by atoms with Crippen LogP contribution in [-0.4, -0.2) is 105 Å². The number of anilines is 3. The Morgan fingerprint density at radius 3 is 1.12 bits per heavy atom. The molecule has 0 radical (unpaired) electrons. The quantitative estimate of drug-likeness (QED) is 0.0213. The van der Waals surface area contributed by atoms with Crippen LogP contribution in [0.3, 0.4) is 0 Å². The van der Waals surface area contributed by atoms with Crippen molar-refractivity contribution in [3.8, 4) is 0 Å². The fourth-order valence-corrected chi connectivity index (χ4v) is 11.5. The Morgan fingerprint density at radius 2 is 0.783 bits per heavy atom. The lowest BCUT2D eigenvalue weighted by molar-refractivity contribution is -0.138. The van der Waals surface area contributed by atoms with Gasteiger partial charge in [0.25, 0.3) is 0 Å². The molecular weight excluding hydrogens is 1630 g/mol. The van der Waals surface area contributed by atoms with Crippen molar-refractivity contribution in [2.24, 2.45) is 5.73 Å². The Hall–Kier alpha value is -6.23. The first-order chi connectivity index (χ1) is 45.2. The van der Waals surface area contributed by atoms with Gasteiger partial charge in [-0.1, -0.05) is 108 Å². The molecule has 28 heteroatoms. The van der Waals surface area contributed by atoms with Crippen LogP contribution in [0.1, 0.15) is 260 Å². The largest absolute Gasteiger partial charge is 0.481 e. The zero-order valence-corrected chi connectivity index (χ0v) is 69.0. The lowest BCUT2D eigenvalue weighted by Gasteiger charge is -2.29. The van der Waals surface area contributed by atoms with Gasteiger partial charge in [0, 0.05) is 101 Å². The number of alkyl carbamates (subject to hydrolysis) is 3. The second-order valence-electron chi connectivity index (χ2n) is 31.2. The number of carboxylic acids is 1. The van der Waals surface area contributed by atoms with Crippen LogP contribution in [0.25, 0.3) is 22.1 Å². The molecule has 0 spiro atoms. The number of nitrogens with zero attached hydrogens (tertiary/aromatic N) is 4. The van der Waals surface area contributed by atoms with Crippen molar-refractivity contribution in [2.45, 2.75) is 313 Å².